The molecule has 0 aliphatic heterocycles. The molecule has 3 heteroatoms. The van der Waals surface area contributed by atoms with Crippen LogP contribution in [0.15, 0.2) is 36.8 Å². The third-order valence-corrected chi connectivity index (χ3v) is 2.03. The predicted molar refractivity (Wildman–Crippen MR) is 51.6 cm³/mol. The fourth-order valence-corrected chi connectivity index (χ4v) is 1.26. The number of aromatic nitrogens is 2. The van der Waals surface area contributed by atoms with E-state index in [9.17, 15) is 0 Å². The number of imidazole rings is 1. The Bertz CT molecular complexity index is 364. The molecule has 0 fully saturated rings. The van der Waals surface area contributed by atoms with E-state index in [-0.39, 0.29) is 0 Å². The van der Waals surface area contributed by atoms with Gasteiger partial charge in [0.15, 0.2) is 0 Å². The van der Waals surface area contributed by atoms with Crippen LogP contribution in [0.2, 0.25) is 5.02 Å². The molecule has 2 aromatic rings. The van der Waals surface area contributed by atoms with E-state index in [0.29, 0.717) is 0 Å². The predicted octanol–water partition coefficient (Wildman–Crippen LogP) is 2.38. The molecule has 0 aliphatic carbocycles. The van der Waals surface area contributed by atoms with Crippen LogP contribution in [-0.4, -0.2) is 9.55 Å². The van der Waals surface area contributed by atoms with Crippen molar-refractivity contribution >= 4 is 11.6 Å². The summed E-state index contributed by atoms with van der Waals surface area (Å²) in [6.45, 7) is 0.813. The lowest BCUT2D eigenvalue weighted by atomic mass is 10.2. The molecule has 1 aromatic carbocycles. The van der Waals surface area contributed by atoms with Crippen molar-refractivity contribution in [3.05, 3.63) is 53.6 Å². The molecular formula is C10H8ClN2. The van der Waals surface area contributed by atoms with E-state index in [1.54, 1.807) is 6.33 Å². The molecule has 1 aromatic heterocycles. The van der Waals surface area contributed by atoms with Gasteiger partial charge in [0, 0.05) is 17.8 Å². The molecule has 65 valence electrons. The minimum Gasteiger partial charge on any atom is -0.332 e. The highest BCUT2D eigenvalue weighted by molar-refractivity contribution is 6.30. The van der Waals surface area contributed by atoms with Crippen LogP contribution < -0.4 is 0 Å². The molecular weight excluding hydrogens is 184 g/mol. The average molecular weight is 192 g/mol. The molecule has 0 N–H and O–H groups in total. The van der Waals surface area contributed by atoms with Gasteiger partial charge < -0.3 is 4.57 Å². The van der Waals surface area contributed by atoms with E-state index < -0.39 is 0 Å². The van der Waals surface area contributed by atoms with E-state index >= 15 is 0 Å². The molecule has 0 amide bonds. The van der Waals surface area contributed by atoms with Gasteiger partial charge in [-0.1, -0.05) is 23.7 Å². The summed E-state index contributed by atoms with van der Waals surface area (Å²) >= 11 is 5.77. The fourth-order valence-electron chi connectivity index (χ4n) is 1.14. The molecule has 0 aliphatic rings. The highest BCUT2D eigenvalue weighted by Gasteiger charge is 1.93. The summed E-state index contributed by atoms with van der Waals surface area (Å²) in [5.41, 5.74) is 1.20. The van der Waals surface area contributed by atoms with E-state index in [1.807, 2.05) is 35.0 Å². The number of halogens is 1. The van der Waals surface area contributed by atoms with Gasteiger partial charge in [0.05, 0.1) is 6.33 Å². The lowest BCUT2D eigenvalue weighted by Crippen LogP contribution is -1.95. The highest BCUT2D eigenvalue weighted by atomic mass is 35.5. The number of rotatable bonds is 2. The third kappa shape index (κ3) is 2.10. The van der Waals surface area contributed by atoms with Gasteiger partial charge in [-0.25, -0.2) is 4.98 Å². The average Bonchev–Trinajstić information content (AvgIpc) is 2.62. The van der Waals surface area contributed by atoms with E-state index in [1.165, 1.54) is 5.56 Å². The standard InChI is InChI=1S/C10H8ClN2/c11-10-3-1-9(2-4-10)7-13-6-5-12-8-13/h1-4,6,8H,7H2. The lowest BCUT2D eigenvalue weighted by Gasteiger charge is -2.01. The second kappa shape index (κ2) is 3.62. The first-order chi connectivity index (χ1) is 6.34. The monoisotopic (exact) mass is 191 g/mol. The van der Waals surface area contributed by atoms with E-state index in [2.05, 4.69) is 11.2 Å². The largest absolute Gasteiger partial charge is 0.332 e. The van der Waals surface area contributed by atoms with E-state index in [0.717, 1.165) is 11.6 Å². The maximum atomic E-state index is 5.77. The first-order valence-corrected chi connectivity index (χ1v) is 4.34. The Hall–Kier alpha value is -1.28. The molecule has 0 unspecified atom stereocenters. The van der Waals surface area contributed by atoms with Gasteiger partial charge in [0.2, 0.25) is 0 Å². The summed E-state index contributed by atoms with van der Waals surface area (Å²) in [7, 11) is 0. The van der Waals surface area contributed by atoms with Crippen LogP contribution in [-0.2, 0) is 6.54 Å². The molecule has 0 bridgehead atoms. The van der Waals surface area contributed by atoms with Crippen molar-refractivity contribution in [3.8, 4) is 0 Å². The Morgan fingerprint density at radius 2 is 2.08 bits per heavy atom. The Morgan fingerprint density at radius 1 is 1.31 bits per heavy atom. The first-order valence-electron chi connectivity index (χ1n) is 3.97. The van der Waals surface area contributed by atoms with Crippen molar-refractivity contribution in [2.24, 2.45) is 0 Å². The van der Waals surface area contributed by atoms with Crippen molar-refractivity contribution < 1.29 is 0 Å². The summed E-state index contributed by atoms with van der Waals surface area (Å²) in [6.07, 6.45) is 6.31. The summed E-state index contributed by atoms with van der Waals surface area (Å²) in [6, 6.07) is 7.78. The number of benzene rings is 1. The quantitative estimate of drug-likeness (QED) is 0.713. The Balaban J connectivity index is 2.15. The Morgan fingerprint density at radius 3 is 2.69 bits per heavy atom. The highest BCUT2D eigenvalue weighted by Crippen LogP contribution is 2.10. The van der Waals surface area contributed by atoms with Crippen molar-refractivity contribution in [2.45, 2.75) is 6.54 Å². The number of hydrogen-bond acceptors (Lipinski definition) is 1. The zero-order valence-electron chi connectivity index (χ0n) is 6.94. The van der Waals surface area contributed by atoms with Crippen molar-refractivity contribution in [1.82, 2.24) is 9.55 Å². The summed E-state index contributed by atoms with van der Waals surface area (Å²) < 4.78 is 1.96. The van der Waals surface area contributed by atoms with Gasteiger partial charge in [-0.2, -0.15) is 0 Å². The minimum atomic E-state index is 0.765. The van der Waals surface area contributed by atoms with Crippen LogP contribution in [0.4, 0.5) is 0 Å². The van der Waals surface area contributed by atoms with Gasteiger partial charge in [-0.15, -0.1) is 0 Å². The van der Waals surface area contributed by atoms with Crippen LogP contribution >= 0.6 is 11.6 Å². The maximum Gasteiger partial charge on any atom is 0.108 e. The van der Waals surface area contributed by atoms with Gasteiger partial charge in [0.25, 0.3) is 0 Å². The molecule has 13 heavy (non-hydrogen) atoms. The van der Waals surface area contributed by atoms with Crippen LogP contribution in [0.25, 0.3) is 0 Å². The van der Waals surface area contributed by atoms with Crippen molar-refractivity contribution in [1.29, 1.82) is 0 Å². The molecule has 0 saturated heterocycles. The lowest BCUT2D eigenvalue weighted by molar-refractivity contribution is 0.797. The summed E-state index contributed by atoms with van der Waals surface area (Å²) in [4.78, 5) is 3.85. The zero-order valence-corrected chi connectivity index (χ0v) is 7.70. The number of hydrogen-bond donors (Lipinski definition) is 0. The van der Waals surface area contributed by atoms with Gasteiger partial charge in [-0.05, 0) is 17.7 Å². The normalized spacial score (nSPS) is 10.2. The topological polar surface area (TPSA) is 17.8 Å². The van der Waals surface area contributed by atoms with Crippen molar-refractivity contribution in [2.75, 3.05) is 0 Å². The smallest absolute Gasteiger partial charge is 0.108 e. The molecule has 0 saturated carbocycles. The molecule has 0 atom stereocenters. The van der Waals surface area contributed by atoms with E-state index in [4.69, 9.17) is 11.6 Å². The fraction of sp³-hybridized carbons (Fsp3) is 0.100. The SMILES string of the molecule is Clc1ccc(Cn2c[c]nc2)cc1. The molecule has 2 nitrogen and oxygen atoms in total. The number of nitrogens with zero attached hydrogens (tertiary/aromatic N) is 2. The van der Waals surface area contributed by atoms with Gasteiger partial charge in [0.1, 0.15) is 6.20 Å². The van der Waals surface area contributed by atoms with Crippen LogP contribution in [0.1, 0.15) is 5.56 Å². The first kappa shape index (κ1) is 8.32. The molecule has 1 heterocycles. The molecule has 0 spiro atoms. The Labute approximate surface area is 81.8 Å². The maximum absolute atomic E-state index is 5.77. The molecule has 1 radical (unpaired) electrons. The van der Waals surface area contributed by atoms with Crippen LogP contribution in [0.3, 0.4) is 0 Å². The van der Waals surface area contributed by atoms with Crippen LogP contribution in [0, 0.1) is 6.20 Å². The van der Waals surface area contributed by atoms with Gasteiger partial charge in [-0.3, -0.25) is 0 Å². The minimum absolute atomic E-state index is 0.765. The third-order valence-electron chi connectivity index (χ3n) is 1.78. The zero-order chi connectivity index (χ0) is 9.10. The van der Waals surface area contributed by atoms with Gasteiger partial charge >= 0.3 is 0 Å². The Kier molecular flexibility index (Phi) is 2.32. The van der Waals surface area contributed by atoms with Crippen LogP contribution in [0.5, 0.6) is 0 Å². The summed E-state index contributed by atoms with van der Waals surface area (Å²) in [5, 5.41) is 0.765. The second-order valence-corrected chi connectivity index (χ2v) is 3.24. The second-order valence-electron chi connectivity index (χ2n) is 2.80. The van der Waals surface area contributed by atoms with Crippen molar-refractivity contribution in [3.63, 3.8) is 0 Å². The summed E-state index contributed by atoms with van der Waals surface area (Å²) in [5.74, 6) is 0. The molecule has 2 rings (SSSR count).